The van der Waals surface area contributed by atoms with Crippen molar-refractivity contribution in [3.63, 3.8) is 0 Å². The van der Waals surface area contributed by atoms with Crippen LogP contribution in [0.15, 0.2) is 180 Å². The van der Waals surface area contributed by atoms with Crippen LogP contribution in [-0.2, 0) is 6.54 Å². The summed E-state index contributed by atoms with van der Waals surface area (Å²) in [7, 11) is 0. The third kappa shape index (κ3) is 4.76. The quantitative estimate of drug-likeness (QED) is 0.136. The van der Waals surface area contributed by atoms with Gasteiger partial charge in [0.1, 0.15) is 0 Å². The predicted molar refractivity (Wildman–Crippen MR) is 212 cm³/mol. The van der Waals surface area contributed by atoms with Gasteiger partial charge in [-0.2, -0.15) is 0 Å². The van der Waals surface area contributed by atoms with Crippen LogP contribution in [0.5, 0.6) is 0 Å². The van der Waals surface area contributed by atoms with Crippen LogP contribution in [-0.4, -0.2) is 6.21 Å². The van der Waals surface area contributed by atoms with E-state index in [1.54, 1.807) is 12.5 Å². The van der Waals surface area contributed by atoms with Crippen molar-refractivity contribution in [2.24, 2.45) is 4.99 Å². The molecule has 0 aliphatic rings. The minimum Gasteiger partial charge on any atom is -0.472 e. The minimum absolute atomic E-state index is 0.542. The van der Waals surface area contributed by atoms with Gasteiger partial charge in [0, 0.05) is 11.8 Å². The fraction of sp³-hybridized carbons (Fsp3) is 0.0208. The Morgan fingerprint density at radius 3 is 1.56 bits per heavy atom. The van der Waals surface area contributed by atoms with Crippen LogP contribution in [0.3, 0.4) is 0 Å². The van der Waals surface area contributed by atoms with Gasteiger partial charge in [-0.1, -0.05) is 109 Å². The van der Waals surface area contributed by atoms with Gasteiger partial charge in [0.15, 0.2) is 0 Å². The first-order valence-corrected chi connectivity index (χ1v) is 17.1. The molecule has 2 heteroatoms. The van der Waals surface area contributed by atoms with Crippen LogP contribution in [0.25, 0.3) is 86.9 Å². The molecule has 0 saturated heterocycles. The number of benzene rings is 9. The van der Waals surface area contributed by atoms with Crippen LogP contribution in [0.2, 0.25) is 0 Å². The summed E-state index contributed by atoms with van der Waals surface area (Å²) < 4.78 is 5.31. The summed E-state index contributed by atoms with van der Waals surface area (Å²) in [4.78, 5) is 4.93. The first-order chi connectivity index (χ1) is 24.8. The monoisotopic (exact) mass is 637 g/mol. The third-order valence-corrected chi connectivity index (χ3v) is 10.2. The highest BCUT2D eigenvalue weighted by atomic mass is 16.3. The zero-order valence-corrected chi connectivity index (χ0v) is 27.3. The second kappa shape index (κ2) is 11.6. The van der Waals surface area contributed by atoms with Gasteiger partial charge in [0.2, 0.25) is 0 Å². The van der Waals surface area contributed by atoms with E-state index in [-0.39, 0.29) is 0 Å². The number of hydrogen-bond acceptors (Lipinski definition) is 2. The maximum Gasteiger partial charge on any atom is 0.0990 e. The number of hydrogen-bond donors (Lipinski definition) is 0. The van der Waals surface area contributed by atoms with Crippen LogP contribution < -0.4 is 0 Å². The Morgan fingerprint density at radius 1 is 0.440 bits per heavy atom. The maximum atomic E-state index is 5.31. The van der Waals surface area contributed by atoms with Crippen molar-refractivity contribution < 1.29 is 4.42 Å². The molecular formula is C48H31NO. The maximum absolute atomic E-state index is 5.31. The van der Waals surface area contributed by atoms with Gasteiger partial charge < -0.3 is 4.42 Å². The molecule has 2 nitrogen and oxygen atoms in total. The third-order valence-electron chi connectivity index (χ3n) is 10.2. The van der Waals surface area contributed by atoms with Gasteiger partial charge in [-0.3, -0.25) is 4.99 Å². The zero-order valence-electron chi connectivity index (χ0n) is 27.3. The number of fused-ring (bicyclic) bond motifs is 6. The molecular weight excluding hydrogens is 607 g/mol. The van der Waals surface area contributed by atoms with E-state index in [1.807, 2.05) is 12.3 Å². The van der Waals surface area contributed by atoms with Gasteiger partial charge >= 0.3 is 0 Å². The van der Waals surface area contributed by atoms with Crippen LogP contribution in [0.4, 0.5) is 0 Å². The molecule has 0 unspecified atom stereocenters. The van der Waals surface area contributed by atoms with Crippen molar-refractivity contribution in [2.75, 3.05) is 0 Å². The Labute approximate surface area is 289 Å². The highest BCUT2D eigenvalue weighted by molar-refractivity contribution is 6.18. The second-order valence-corrected chi connectivity index (χ2v) is 13.2. The molecule has 0 N–H and O–H groups in total. The van der Waals surface area contributed by atoms with Crippen LogP contribution in [0.1, 0.15) is 11.1 Å². The zero-order chi connectivity index (χ0) is 33.0. The minimum atomic E-state index is 0.542. The van der Waals surface area contributed by atoms with Crippen molar-refractivity contribution in [1.82, 2.24) is 0 Å². The van der Waals surface area contributed by atoms with Crippen molar-refractivity contribution in [3.05, 3.63) is 181 Å². The molecule has 0 spiro atoms. The first kappa shape index (κ1) is 28.5. The Kier molecular flexibility index (Phi) is 6.60. The lowest BCUT2D eigenvalue weighted by atomic mass is 9.85. The van der Waals surface area contributed by atoms with E-state index >= 15 is 0 Å². The predicted octanol–water partition coefficient (Wildman–Crippen LogP) is 13.2. The van der Waals surface area contributed by atoms with E-state index in [9.17, 15) is 0 Å². The Hall–Kier alpha value is -6.51. The SMILES string of the molecule is C(=NCc1ccc(-c2c3ccccc3cc3cc4ccccc4cc23)cc1-c1c2ccccc2cc2cc3ccccc3cc12)c1ccoc1. The molecule has 0 fully saturated rings. The van der Waals surface area contributed by atoms with E-state index < -0.39 is 0 Å². The van der Waals surface area contributed by atoms with Crippen molar-refractivity contribution in [3.8, 4) is 22.3 Å². The van der Waals surface area contributed by atoms with E-state index in [2.05, 4.69) is 152 Å². The molecule has 10 rings (SSSR count). The summed E-state index contributed by atoms with van der Waals surface area (Å²) in [6, 6.07) is 58.0. The number of furan rings is 1. The summed E-state index contributed by atoms with van der Waals surface area (Å²) in [5.74, 6) is 0. The topological polar surface area (TPSA) is 25.5 Å². The summed E-state index contributed by atoms with van der Waals surface area (Å²) in [6.45, 7) is 0.542. The molecule has 0 radical (unpaired) electrons. The molecule has 9 aromatic carbocycles. The molecule has 0 amide bonds. The summed E-state index contributed by atoms with van der Waals surface area (Å²) >= 11 is 0. The lowest BCUT2D eigenvalue weighted by molar-refractivity contribution is 0.567. The van der Waals surface area contributed by atoms with E-state index in [4.69, 9.17) is 9.41 Å². The van der Waals surface area contributed by atoms with Gasteiger partial charge in [-0.25, -0.2) is 0 Å². The number of rotatable bonds is 5. The Bertz CT molecular complexity index is 2940. The molecule has 0 aliphatic carbocycles. The molecule has 0 saturated carbocycles. The fourth-order valence-electron chi connectivity index (χ4n) is 7.82. The first-order valence-electron chi connectivity index (χ1n) is 17.1. The highest BCUT2D eigenvalue weighted by Crippen LogP contribution is 2.44. The Morgan fingerprint density at radius 2 is 0.960 bits per heavy atom. The average Bonchev–Trinajstić information content (AvgIpc) is 3.68. The molecule has 0 aliphatic heterocycles. The second-order valence-electron chi connectivity index (χ2n) is 13.2. The average molecular weight is 638 g/mol. The van der Waals surface area contributed by atoms with E-state index in [0.29, 0.717) is 6.54 Å². The summed E-state index contributed by atoms with van der Waals surface area (Å²) in [6.07, 6.45) is 5.32. The van der Waals surface area contributed by atoms with E-state index in [1.165, 1.54) is 92.5 Å². The van der Waals surface area contributed by atoms with E-state index in [0.717, 1.165) is 5.56 Å². The molecule has 50 heavy (non-hydrogen) atoms. The Balaban J connectivity index is 1.30. The molecule has 0 bridgehead atoms. The van der Waals surface area contributed by atoms with Gasteiger partial charge in [0.25, 0.3) is 0 Å². The molecule has 1 aromatic heterocycles. The van der Waals surface area contributed by atoms with Gasteiger partial charge in [0.05, 0.1) is 19.1 Å². The molecule has 10 aromatic rings. The van der Waals surface area contributed by atoms with Crippen LogP contribution in [0, 0.1) is 0 Å². The lowest BCUT2D eigenvalue weighted by Crippen LogP contribution is -1.95. The molecule has 234 valence electrons. The van der Waals surface area contributed by atoms with Crippen LogP contribution >= 0.6 is 0 Å². The molecule has 1 heterocycles. The van der Waals surface area contributed by atoms with Gasteiger partial charge in [-0.15, -0.1) is 0 Å². The smallest absolute Gasteiger partial charge is 0.0990 e. The molecule has 0 atom stereocenters. The summed E-state index contributed by atoms with van der Waals surface area (Å²) in [5, 5.41) is 14.9. The lowest BCUT2D eigenvalue weighted by Gasteiger charge is -2.19. The van der Waals surface area contributed by atoms with Gasteiger partial charge in [-0.05, 0) is 141 Å². The summed E-state index contributed by atoms with van der Waals surface area (Å²) in [5.41, 5.74) is 7.03. The van der Waals surface area contributed by atoms with Crippen molar-refractivity contribution in [1.29, 1.82) is 0 Å². The number of nitrogens with zero attached hydrogens (tertiary/aromatic N) is 1. The van der Waals surface area contributed by atoms with Crippen molar-refractivity contribution in [2.45, 2.75) is 6.54 Å². The fourth-order valence-corrected chi connectivity index (χ4v) is 7.82. The normalized spacial score (nSPS) is 12.0. The van der Waals surface area contributed by atoms with Crippen molar-refractivity contribution >= 4 is 70.8 Å². The standard InChI is InChI=1S/C48H31NO/c1-3-11-34-25-45-40(21-32(34)9-1)23-36-13-5-7-15-42(36)47(45)38-17-18-39(29-49-28-31-19-20-50-30-31)44(27-38)48-43-16-8-6-14-37(43)24-41-22-33-10-2-4-12-35(33)26-46(41)48/h1-28,30H,29H2. The number of aliphatic imine (C=N–C) groups is 1. The highest BCUT2D eigenvalue weighted by Gasteiger charge is 2.18. The largest absolute Gasteiger partial charge is 0.472 e.